The van der Waals surface area contributed by atoms with Crippen molar-refractivity contribution >= 4 is 35.1 Å². The van der Waals surface area contributed by atoms with Gasteiger partial charge in [0.25, 0.3) is 5.91 Å². The molecule has 2 aromatic carbocycles. The normalized spacial score (nSPS) is 18.3. The lowest BCUT2D eigenvalue weighted by atomic mass is 9.87. The number of benzene rings is 2. The lowest BCUT2D eigenvalue weighted by Gasteiger charge is -2.41. The summed E-state index contributed by atoms with van der Waals surface area (Å²) in [5, 5.41) is 23.9. The van der Waals surface area contributed by atoms with Crippen LogP contribution in [0.2, 0.25) is 10.0 Å². The van der Waals surface area contributed by atoms with Crippen LogP contribution in [0, 0.1) is 0 Å². The number of carbonyl (C=O) groups excluding carboxylic acids is 1. The highest BCUT2D eigenvalue weighted by atomic mass is 35.5. The number of aliphatic hydroxyl groups is 1. The molecule has 1 saturated heterocycles. The van der Waals surface area contributed by atoms with Gasteiger partial charge in [-0.3, -0.25) is 9.69 Å². The van der Waals surface area contributed by atoms with Gasteiger partial charge < -0.3 is 29.7 Å². The minimum atomic E-state index is -1.69. The van der Waals surface area contributed by atoms with Crippen molar-refractivity contribution in [3.8, 4) is 17.2 Å². The molecule has 3 N–H and O–H groups in total. The molecule has 1 spiro atoms. The second kappa shape index (κ2) is 10.4. The van der Waals surface area contributed by atoms with Crippen LogP contribution in [0.25, 0.3) is 0 Å². The number of nitrogens with one attached hydrogen (secondary N) is 1. The van der Waals surface area contributed by atoms with Gasteiger partial charge in [0.2, 0.25) is 5.79 Å². The molecule has 38 heavy (non-hydrogen) atoms. The Labute approximate surface area is 231 Å². The molecule has 2 aromatic rings. The van der Waals surface area contributed by atoms with Gasteiger partial charge in [0, 0.05) is 57.4 Å². The summed E-state index contributed by atoms with van der Waals surface area (Å²) < 4.78 is 17.8. The zero-order valence-corrected chi connectivity index (χ0v) is 23.3. The number of carboxylic acids is 1. The van der Waals surface area contributed by atoms with Crippen molar-refractivity contribution in [3.05, 3.63) is 51.5 Å². The number of hydrogen-bond acceptors (Lipinski definition) is 7. The number of ether oxygens (including phenoxy) is 3. The van der Waals surface area contributed by atoms with Crippen LogP contribution in [0.15, 0.2) is 30.3 Å². The number of likely N-dealkylation sites (tertiary alicyclic amines) is 1. The van der Waals surface area contributed by atoms with E-state index in [9.17, 15) is 19.8 Å². The number of rotatable bonds is 8. The maximum Gasteiger partial charge on any atom is 0.347 e. The van der Waals surface area contributed by atoms with E-state index in [4.69, 9.17) is 37.4 Å². The van der Waals surface area contributed by atoms with Gasteiger partial charge in [-0.1, -0.05) is 23.2 Å². The summed E-state index contributed by atoms with van der Waals surface area (Å²) in [6, 6.07) is 8.33. The minimum Gasteiger partial charge on any atom is -0.487 e. The Morgan fingerprint density at radius 2 is 1.79 bits per heavy atom. The van der Waals surface area contributed by atoms with Gasteiger partial charge >= 0.3 is 5.97 Å². The molecule has 9 nitrogen and oxygen atoms in total. The van der Waals surface area contributed by atoms with Gasteiger partial charge in [-0.15, -0.1) is 0 Å². The molecule has 0 aromatic heterocycles. The first kappa shape index (κ1) is 28.3. The first-order valence-electron chi connectivity index (χ1n) is 12.3. The molecule has 4 rings (SSSR count). The first-order chi connectivity index (χ1) is 17.7. The number of halogens is 2. The van der Waals surface area contributed by atoms with Crippen LogP contribution in [0.3, 0.4) is 0 Å². The average Bonchev–Trinajstić information content (AvgIpc) is 3.18. The summed E-state index contributed by atoms with van der Waals surface area (Å²) in [4.78, 5) is 26.1. The molecule has 1 amide bonds. The van der Waals surface area contributed by atoms with Gasteiger partial charge in [-0.25, -0.2) is 4.79 Å². The number of piperidine rings is 1. The Hall–Kier alpha value is -2.72. The number of carboxylic acid groups (broad SMARTS) is 1. The van der Waals surface area contributed by atoms with Crippen LogP contribution < -0.4 is 19.5 Å². The van der Waals surface area contributed by atoms with E-state index < -0.39 is 23.3 Å². The van der Waals surface area contributed by atoms with Gasteiger partial charge in [-0.05, 0) is 43.7 Å². The van der Waals surface area contributed by atoms with Crippen molar-refractivity contribution in [1.82, 2.24) is 10.2 Å². The Bertz CT molecular complexity index is 1240. The summed E-state index contributed by atoms with van der Waals surface area (Å²) in [6.07, 6.45) is 2.32. The molecule has 0 aliphatic carbocycles. The van der Waals surface area contributed by atoms with Crippen molar-refractivity contribution in [2.24, 2.45) is 0 Å². The summed E-state index contributed by atoms with van der Waals surface area (Å²) >= 11 is 12.4. The first-order valence-corrected chi connectivity index (χ1v) is 13.1. The van der Waals surface area contributed by atoms with Crippen molar-refractivity contribution < 1.29 is 34.0 Å². The maximum atomic E-state index is 12.5. The fourth-order valence-electron chi connectivity index (χ4n) is 4.81. The van der Waals surface area contributed by atoms with Crippen LogP contribution in [0.5, 0.6) is 17.2 Å². The van der Waals surface area contributed by atoms with Gasteiger partial charge in [0.1, 0.15) is 22.8 Å². The van der Waals surface area contributed by atoms with Crippen LogP contribution in [-0.2, 0) is 11.2 Å². The lowest BCUT2D eigenvalue weighted by molar-refractivity contribution is -0.152. The van der Waals surface area contributed by atoms with E-state index in [-0.39, 0.29) is 34.2 Å². The molecule has 0 radical (unpaired) electrons. The molecular weight excluding hydrogens is 535 g/mol. The largest absolute Gasteiger partial charge is 0.487 e. The quantitative estimate of drug-likeness (QED) is 0.408. The number of fused-ring (bicyclic) bond motifs is 1. The van der Waals surface area contributed by atoms with E-state index in [1.54, 1.807) is 0 Å². The van der Waals surface area contributed by atoms with Gasteiger partial charge in [0.05, 0.1) is 17.1 Å². The summed E-state index contributed by atoms with van der Waals surface area (Å²) in [5.74, 6) is -2.48. The highest BCUT2D eigenvalue weighted by Gasteiger charge is 2.43. The number of hydrogen-bond donors (Lipinski definition) is 3. The number of nitrogens with zero attached hydrogens (tertiary/aromatic N) is 1. The van der Waals surface area contributed by atoms with E-state index in [0.717, 1.165) is 30.6 Å². The predicted molar refractivity (Wildman–Crippen MR) is 143 cm³/mol. The van der Waals surface area contributed by atoms with Crippen molar-refractivity contribution in [2.45, 2.75) is 57.0 Å². The Balaban J connectivity index is 1.47. The Morgan fingerprint density at radius 3 is 2.42 bits per heavy atom. The Kier molecular flexibility index (Phi) is 7.78. The summed E-state index contributed by atoms with van der Waals surface area (Å²) in [7, 11) is 1.46. The second-order valence-corrected chi connectivity index (χ2v) is 11.4. The van der Waals surface area contributed by atoms with Crippen molar-refractivity contribution in [2.75, 3.05) is 26.7 Å². The zero-order valence-electron chi connectivity index (χ0n) is 21.8. The monoisotopic (exact) mass is 566 g/mol. The third-order valence-electron chi connectivity index (χ3n) is 6.86. The molecule has 206 valence electrons. The standard InChI is InChI=1S/C27H32Cl2N2O7/c1-25(2,24(33)34)36-22-13-21(18(12-19(22)29)23(32)30-4)37-26(3,35)15-31-9-7-27(8-10-31)14-16-11-17(28)5-6-20(16)38-27/h5-6,11-13,35H,7-10,14-15H2,1-4H3,(H,30,32)(H,33,34). The molecule has 1 atom stereocenters. The lowest BCUT2D eigenvalue weighted by Crippen LogP contribution is -2.52. The van der Waals surface area contributed by atoms with E-state index in [1.165, 1.54) is 40.0 Å². The number of β-amino-alcohol motifs (C(OH)–C–C–N with tert-alkyl or cyclic N) is 1. The van der Waals surface area contributed by atoms with E-state index in [1.807, 2.05) is 18.2 Å². The van der Waals surface area contributed by atoms with E-state index in [2.05, 4.69) is 10.2 Å². The smallest absolute Gasteiger partial charge is 0.347 e. The SMILES string of the molecule is CNC(=O)c1cc(Cl)c(OC(C)(C)C(=O)O)cc1OC(C)(O)CN1CCC2(CC1)Cc1cc(Cl)ccc1O2. The molecule has 2 heterocycles. The fourth-order valence-corrected chi connectivity index (χ4v) is 5.21. The predicted octanol–water partition coefficient (Wildman–Crippen LogP) is 4.15. The molecule has 1 fully saturated rings. The molecule has 0 saturated carbocycles. The minimum absolute atomic E-state index is 0.00914. The topological polar surface area (TPSA) is 118 Å². The summed E-state index contributed by atoms with van der Waals surface area (Å²) in [6.45, 7) is 5.76. The molecule has 2 aliphatic rings. The third kappa shape index (κ3) is 6.12. The molecule has 11 heteroatoms. The van der Waals surface area contributed by atoms with Crippen molar-refractivity contribution in [3.63, 3.8) is 0 Å². The second-order valence-electron chi connectivity index (χ2n) is 10.5. The van der Waals surface area contributed by atoms with E-state index >= 15 is 0 Å². The molecule has 1 unspecified atom stereocenters. The number of carbonyl (C=O) groups is 2. The molecule has 2 aliphatic heterocycles. The average molecular weight is 567 g/mol. The molecular formula is C27H32Cl2N2O7. The number of amides is 1. The van der Waals surface area contributed by atoms with Crippen LogP contribution in [0.4, 0.5) is 0 Å². The summed E-state index contributed by atoms with van der Waals surface area (Å²) in [5.41, 5.74) is -0.696. The third-order valence-corrected chi connectivity index (χ3v) is 7.39. The highest BCUT2D eigenvalue weighted by Crippen LogP contribution is 2.42. The van der Waals surface area contributed by atoms with Crippen LogP contribution in [0.1, 0.15) is 49.5 Å². The maximum absolute atomic E-state index is 12.5. The van der Waals surface area contributed by atoms with Crippen LogP contribution in [-0.4, -0.2) is 70.7 Å². The van der Waals surface area contributed by atoms with Gasteiger partial charge in [0.15, 0.2) is 5.60 Å². The van der Waals surface area contributed by atoms with Crippen LogP contribution >= 0.6 is 23.2 Å². The Morgan fingerprint density at radius 1 is 1.11 bits per heavy atom. The van der Waals surface area contributed by atoms with E-state index in [0.29, 0.717) is 18.1 Å². The zero-order chi connectivity index (χ0) is 27.9. The highest BCUT2D eigenvalue weighted by molar-refractivity contribution is 6.32. The molecule has 0 bridgehead atoms. The van der Waals surface area contributed by atoms with Gasteiger partial charge in [-0.2, -0.15) is 0 Å². The van der Waals surface area contributed by atoms with Crippen molar-refractivity contribution in [1.29, 1.82) is 0 Å². The number of aliphatic carboxylic acids is 1. The fraction of sp³-hybridized carbons (Fsp3) is 0.481.